The van der Waals surface area contributed by atoms with E-state index in [1.165, 1.54) is 11.6 Å². The Bertz CT molecular complexity index is 1250. The van der Waals surface area contributed by atoms with Crippen LogP contribution in [0.15, 0.2) is 52.1 Å². The van der Waals surface area contributed by atoms with E-state index in [0.717, 1.165) is 20.9 Å². The maximum absolute atomic E-state index is 12.6. The van der Waals surface area contributed by atoms with Gasteiger partial charge < -0.3 is 4.57 Å². The first-order chi connectivity index (χ1) is 12.0. The van der Waals surface area contributed by atoms with Crippen LogP contribution in [-0.2, 0) is 20.6 Å². The molecule has 0 radical (unpaired) electrons. The van der Waals surface area contributed by atoms with Crippen molar-refractivity contribution < 1.29 is 0 Å². The van der Waals surface area contributed by atoms with E-state index in [4.69, 9.17) is 11.6 Å². The summed E-state index contributed by atoms with van der Waals surface area (Å²) in [6.45, 7) is 0.396. The summed E-state index contributed by atoms with van der Waals surface area (Å²) in [7, 11) is 3.03. The molecule has 25 heavy (non-hydrogen) atoms. The fourth-order valence-electron chi connectivity index (χ4n) is 3.08. The molecule has 0 aliphatic carbocycles. The Hall–Kier alpha value is -2.86. The lowest BCUT2D eigenvalue weighted by Gasteiger charge is -2.08. The smallest absolute Gasteiger partial charge is 0.304 e. The highest BCUT2D eigenvalue weighted by molar-refractivity contribution is 6.29. The number of benzene rings is 2. The molecule has 7 heteroatoms. The van der Waals surface area contributed by atoms with E-state index in [9.17, 15) is 9.59 Å². The van der Waals surface area contributed by atoms with Crippen molar-refractivity contribution in [3.8, 4) is 0 Å². The van der Waals surface area contributed by atoms with Crippen molar-refractivity contribution in [3.05, 3.63) is 74.1 Å². The SMILES string of the molecule is Cn1c(=O)c2c(nc(Cl)n2Cc2ccc3ccccc3c2)n(C)c1=O. The van der Waals surface area contributed by atoms with Crippen molar-refractivity contribution in [1.82, 2.24) is 18.7 Å². The molecule has 4 aromatic rings. The number of hydrogen-bond donors (Lipinski definition) is 0. The van der Waals surface area contributed by atoms with E-state index in [2.05, 4.69) is 11.1 Å². The second-order valence-corrected chi connectivity index (χ2v) is 6.36. The molecule has 4 rings (SSSR count). The molecule has 0 aliphatic rings. The van der Waals surface area contributed by atoms with Crippen LogP contribution < -0.4 is 11.2 Å². The first-order valence-corrected chi connectivity index (χ1v) is 8.14. The van der Waals surface area contributed by atoms with Gasteiger partial charge in [-0.3, -0.25) is 13.9 Å². The lowest BCUT2D eigenvalue weighted by molar-refractivity contribution is 0.702. The van der Waals surface area contributed by atoms with Gasteiger partial charge in [0, 0.05) is 14.1 Å². The van der Waals surface area contributed by atoms with Gasteiger partial charge in [-0.2, -0.15) is 4.98 Å². The fraction of sp³-hybridized carbons (Fsp3) is 0.167. The van der Waals surface area contributed by atoms with E-state index >= 15 is 0 Å². The molecule has 2 heterocycles. The van der Waals surface area contributed by atoms with Gasteiger partial charge in [0.1, 0.15) is 0 Å². The lowest BCUT2D eigenvalue weighted by Crippen LogP contribution is -2.37. The van der Waals surface area contributed by atoms with Crippen molar-refractivity contribution in [3.63, 3.8) is 0 Å². The third kappa shape index (κ3) is 2.37. The Morgan fingerprint density at radius 2 is 1.72 bits per heavy atom. The van der Waals surface area contributed by atoms with Gasteiger partial charge in [-0.1, -0.05) is 36.4 Å². The average molecular weight is 355 g/mol. The highest BCUT2D eigenvalue weighted by Gasteiger charge is 2.18. The van der Waals surface area contributed by atoms with Crippen molar-refractivity contribution in [1.29, 1.82) is 0 Å². The number of aryl methyl sites for hydroxylation is 1. The third-order valence-electron chi connectivity index (χ3n) is 4.46. The molecule has 2 aromatic heterocycles. The van der Waals surface area contributed by atoms with Crippen LogP contribution >= 0.6 is 11.6 Å². The molecule has 0 unspecified atom stereocenters. The molecule has 0 bridgehead atoms. The standard InChI is InChI=1S/C18H15ClN4O2/c1-21-15-14(16(24)22(2)18(21)25)23(17(19)20-15)10-11-7-8-12-5-3-4-6-13(12)9-11/h3-9H,10H2,1-2H3. The first kappa shape index (κ1) is 15.7. The van der Waals surface area contributed by atoms with Gasteiger partial charge in [0.05, 0.1) is 6.54 Å². The van der Waals surface area contributed by atoms with Gasteiger partial charge in [0.2, 0.25) is 5.28 Å². The van der Waals surface area contributed by atoms with Crippen LogP contribution in [0.1, 0.15) is 5.56 Å². The van der Waals surface area contributed by atoms with Gasteiger partial charge in [0.25, 0.3) is 5.56 Å². The molecule has 6 nitrogen and oxygen atoms in total. The zero-order chi connectivity index (χ0) is 17.7. The third-order valence-corrected chi connectivity index (χ3v) is 4.74. The minimum Gasteiger partial charge on any atom is -0.304 e. The van der Waals surface area contributed by atoms with Crippen LogP contribution in [0.4, 0.5) is 0 Å². The number of nitrogens with zero attached hydrogens (tertiary/aromatic N) is 4. The summed E-state index contributed by atoms with van der Waals surface area (Å²) in [5, 5.41) is 2.44. The maximum atomic E-state index is 12.6. The van der Waals surface area contributed by atoms with Gasteiger partial charge in [-0.15, -0.1) is 0 Å². The summed E-state index contributed by atoms with van der Waals surface area (Å²) < 4.78 is 4.04. The molecule has 0 saturated heterocycles. The van der Waals surface area contributed by atoms with E-state index in [-0.39, 0.29) is 5.28 Å². The topological polar surface area (TPSA) is 61.8 Å². The highest BCUT2D eigenvalue weighted by atomic mass is 35.5. The molecule has 0 atom stereocenters. The van der Waals surface area contributed by atoms with Crippen molar-refractivity contribution in [2.24, 2.45) is 14.1 Å². The van der Waals surface area contributed by atoms with Gasteiger partial charge in [0.15, 0.2) is 11.2 Å². The molecule has 0 spiro atoms. The number of hydrogen-bond acceptors (Lipinski definition) is 3. The Morgan fingerprint density at radius 3 is 2.48 bits per heavy atom. The molecule has 0 aliphatic heterocycles. The van der Waals surface area contributed by atoms with Crippen molar-refractivity contribution >= 4 is 33.5 Å². The second kappa shape index (κ2) is 5.60. The Balaban J connectivity index is 1.93. The predicted octanol–water partition coefficient (Wildman–Crippen LogP) is 2.29. The summed E-state index contributed by atoms with van der Waals surface area (Å²) in [5.74, 6) is 0. The summed E-state index contributed by atoms with van der Waals surface area (Å²) in [5.41, 5.74) is 0.778. The molecule has 126 valence electrons. The van der Waals surface area contributed by atoms with Crippen LogP contribution in [0.25, 0.3) is 21.9 Å². The molecule has 0 saturated carbocycles. The lowest BCUT2D eigenvalue weighted by atomic mass is 10.1. The van der Waals surface area contributed by atoms with Crippen LogP contribution in [-0.4, -0.2) is 18.7 Å². The zero-order valence-electron chi connectivity index (χ0n) is 13.7. The van der Waals surface area contributed by atoms with Gasteiger partial charge in [-0.05, 0) is 34.0 Å². The zero-order valence-corrected chi connectivity index (χ0v) is 14.5. The van der Waals surface area contributed by atoms with Crippen molar-refractivity contribution in [2.75, 3.05) is 0 Å². The van der Waals surface area contributed by atoms with Crippen LogP contribution in [0.5, 0.6) is 0 Å². The van der Waals surface area contributed by atoms with E-state index in [0.29, 0.717) is 17.7 Å². The molecule has 0 fully saturated rings. The molecule has 0 N–H and O–H groups in total. The Morgan fingerprint density at radius 1 is 1.00 bits per heavy atom. The van der Waals surface area contributed by atoms with E-state index < -0.39 is 11.2 Å². The monoisotopic (exact) mass is 354 g/mol. The van der Waals surface area contributed by atoms with E-state index in [1.54, 1.807) is 11.6 Å². The normalized spacial score (nSPS) is 11.5. The molecule has 2 aromatic carbocycles. The van der Waals surface area contributed by atoms with Crippen LogP contribution in [0.2, 0.25) is 5.28 Å². The minimum absolute atomic E-state index is 0.182. The average Bonchev–Trinajstić information content (AvgIpc) is 2.95. The second-order valence-electron chi connectivity index (χ2n) is 6.03. The Labute approximate surface area is 147 Å². The summed E-state index contributed by atoms with van der Waals surface area (Å²) in [6, 6.07) is 14.1. The van der Waals surface area contributed by atoms with Gasteiger partial charge >= 0.3 is 5.69 Å². The number of fused-ring (bicyclic) bond motifs is 2. The highest BCUT2D eigenvalue weighted by Crippen LogP contribution is 2.20. The summed E-state index contributed by atoms with van der Waals surface area (Å²) >= 11 is 6.27. The molecular weight excluding hydrogens is 340 g/mol. The summed E-state index contributed by atoms with van der Waals surface area (Å²) in [6.07, 6.45) is 0. The number of aromatic nitrogens is 4. The fourth-order valence-corrected chi connectivity index (χ4v) is 3.31. The number of imidazole rings is 1. The van der Waals surface area contributed by atoms with Gasteiger partial charge in [-0.25, -0.2) is 4.79 Å². The summed E-state index contributed by atoms with van der Waals surface area (Å²) in [4.78, 5) is 28.8. The molecular formula is C18H15ClN4O2. The Kier molecular flexibility index (Phi) is 3.51. The first-order valence-electron chi connectivity index (χ1n) is 7.77. The van der Waals surface area contributed by atoms with Crippen LogP contribution in [0.3, 0.4) is 0 Å². The quantitative estimate of drug-likeness (QED) is 0.519. The minimum atomic E-state index is -0.426. The number of rotatable bonds is 2. The number of halogens is 1. The maximum Gasteiger partial charge on any atom is 0.332 e. The van der Waals surface area contributed by atoms with Crippen molar-refractivity contribution in [2.45, 2.75) is 6.54 Å². The predicted molar refractivity (Wildman–Crippen MR) is 98.3 cm³/mol. The largest absolute Gasteiger partial charge is 0.332 e. The van der Waals surface area contributed by atoms with Crippen LogP contribution in [0, 0.1) is 0 Å². The van der Waals surface area contributed by atoms with E-state index in [1.807, 2.05) is 36.4 Å². The molecule has 0 amide bonds.